The molecular formula is C64H44N2SSi. The highest BCUT2D eigenvalue weighted by Gasteiger charge is 2.41. The first kappa shape index (κ1) is 41.2. The lowest BCUT2D eigenvalue weighted by atomic mass is 9.84. The second-order valence-corrected chi connectivity index (χ2v) is 22.1. The number of benzene rings is 10. The van der Waals surface area contributed by atoms with Gasteiger partial charge in [-0.2, -0.15) is 0 Å². The monoisotopic (exact) mass is 900 g/mol. The van der Waals surface area contributed by atoms with E-state index < -0.39 is 8.07 Å². The molecule has 4 heteroatoms. The molecule has 0 aliphatic carbocycles. The molecule has 2 aromatic heterocycles. The van der Waals surface area contributed by atoms with Gasteiger partial charge in [-0.3, -0.25) is 0 Å². The Morgan fingerprint density at radius 1 is 0.309 bits per heavy atom. The summed E-state index contributed by atoms with van der Waals surface area (Å²) in [4.78, 5) is 10.8. The molecule has 0 unspecified atom stereocenters. The molecule has 0 saturated carbocycles. The largest absolute Gasteiger partial charge is 0.226 e. The topological polar surface area (TPSA) is 25.8 Å². The average molecular weight is 901 g/mol. The van der Waals surface area contributed by atoms with Gasteiger partial charge in [0.05, 0.1) is 15.9 Å². The summed E-state index contributed by atoms with van der Waals surface area (Å²) in [5.74, 6) is 0.708. The molecule has 10 aromatic carbocycles. The first-order chi connectivity index (χ1) is 33.7. The maximum absolute atomic E-state index is 5.39. The van der Waals surface area contributed by atoms with Crippen LogP contribution in [-0.2, 0) is 0 Å². The molecule has 12 rings (SSSR count). The van der Waals surface area contributed by atoms with Gasteiger partial charge >= 0.3 is 0 Å². The molecule has 0 atom stereocenters. The highest BCUT2D eigenvalue weighted by atomic mass is 32.1. The van der Waals surface area contributed by atoms with Gasteiger partial charge in [-0.05, 0) is 89.5 Å². The standard InChI is InChI=1S/C64H44N2SSi/c1-7-23-45(24-8-1)51-43-57(48-29-21-31-50(41-48)64-65-61(47-27-11-3-12-28-47)63-62(66-64)56-39-19-20-40-59(56)67-63)60(46-25-9-2-10-26-46)58(44-51)49-30-22-38-55(42-49)68(52-32-13-4-14-33-52,53-34-15-5-16-35-53)54-36-17-6-18-37-54/h1-44H. The van der Waals surface area contributed by atoms with Crippen molar-refractivity contribution in [2.75, 3.05) is 0 Å². The number of nitrogens with zero attached hydrogens (tertiary/aromatic N) is 2. The second kappa shape index (κ2) is 17.8. The summed E-state index contributed by atoms with van der Waals surface area (Å²) in [6.45, 7) is 0. The van der Waals surface area contributed by atoms with Crippen LogP contribution in [-0.4, -0.2) is 18.0 Å². The van der Waals surface area contributed by atoms with E-state index in [9.17, 15) is 0 Å². The Morgan fingerprint density at radius 2 is 0.750 bits per heavy atom. The number of thiophene rings is 1. The van der Waals surface area contributed by atoms with Crippen molar-refractivity contribution in [3.05, 3.63) is 267 Å². The molecule has 12 aromatic rings. The van der Waals surface area contributed by atoms with Crippen LogP contribution in [0.2, 0.25) is 0 Å². The van der Waals surface area contributed by atoms with Gasteiger partial charge in [0.1, 0.15) is 0 Å². The molecule has 0 aliphatic rings. The third kappa shape index (κ3) is 7.37. The van der Waals surface area contributed by atoms with Crippen molar-refractivity contribution in [3.8, 4) is 67.2 Å². The third-order valence-electron chi connectivity index (χ3n) is 13.2. The van der Waals surface area contributed by atoms with E-state index in [-0.39, 0.29) is 0 Å². The Bertz CT molecular complexity index is 3610. The van der Waals surface area contributed by atoms with Gasteiger partial charge < -0.3 is 0 Å². The summed E-state index contributed by atoms with van der Waals surface area (Å²) in [5, 5.41) is 6.52. The molecule has 2 heterocycles. The smallest absolute Gasteiger partial charge is 0.179 e. The lowest BCUT2D eigenvalue weighted by Crippen LogP contribution is -2.74. The summed E-state index contributed by atoms with van der Waals surface area (Å²) >= 11 is 1.76. The molecular weight excluding hydrogens is 857 g/mol. The molecule has 0 amide bonds. The summed E-state index contributed by atoms with van der Waals surface area (Å²) in [6, 6.07) is 97.4. The molecule has 320 valence electrons. The normalized spacial score (nSPS) is 11.5. The zero-order chi connectivity index (χ0) is 45.3. The predicted octanol–water partition coefficient (Wildman–Crippen LogP) is 14.2. The number of rotatable bonds is 10. The fraction of sp³-hybridized carbons (Fsp3) is 0. The van der Waals surface area contributed by atoms with Crippen molar-refractivity contribution < 1.29 is 0 Å². The van der Waals surface area contributed by atoms with Crippen molar-refractivity contribution in [3.63, 3.8) is 0 Å². The van der Waals surface area contributed by atoms with Crippen LogP contribution in [0.15, 0.2) is 267 Å². The van der Waals surface area contributed by atoms with E-state index in [1.165, 1.54) is 42.1 Å². The van der Waals surface area contributed by atoms with E-state index >= 15 is 0 Å². The van der Waals surface area contributed by atoms with E-state index in [0.29, 0.717) is 5.82 Å². The summed E-state index contributed by atoms with van der Waals surface area (Å²) in [6.07, 6.45) is 0. The van der Waals surface area contributed by atoms with E-state index in [2.05, 4.69) is 267 Å². The van der Waals surface area contributed by atoms with Crippen LogP contribution < -0.4 is 20.7 Å². The average Bonchev–Trinajstić information content (AvgIpc) is 3.81. The minimum Gasteiger partial charge on any atom is -0.226 e. The Labute approximate surface area is 402 Å². The lowest BCUT2D eigenvalue weighted by molar-refractivity contribution is 1.24. The molecule has 0 bridgehead atoms. The van der Waals surface area contributed by atoms with Crippen LogP contribution in [0.25, 0.3) is 87.5 Å². The van der Waals surface area contributed by atoms with Crippen LogP contribution in [0.5, 0.6) is 0 Å². The van der Waals surface area contributed by atoms with Crippen LogP contribution in [0, 0.1) is 0 Å². The second-order valence-electron chi connectivity index (χ2n) is 17.2. The zero-order valence-electron chi connectivity index (χ0n) is 37.2. The van der Waals surface area contributed by atoms with Gasteiger partial charge in [0.15, 0.2) is 13.9 Å². The minimum absolute atomic E-state index is 0.708. The van der Waals surface area contributed by atoms with Gasteiger partial charge in [-0.15, -0.1) is 11.3 Å². The minimum atomic E-state index is -2.84. The Hall–Kier alpha value is -8.28. The predicted molar refractivity (Wildman–Crippen MR) is 291 cm³/mol. The molecule has 0 aliphatic heterocycles. The van der Waals surface area contributed by atoms with Gasteiger partial charge in [-0.1, -0.05) is 243 Å². The molecule has 0 fully saturated rings. The third-order valence-corrected chi connectivity index (χ3v) is 19.2. The zero-order valence-corrected chi connectivity index (χ0v) is 39.0. The Kier molecular flexibility index (Phi) is 10.8. The van der Waals surface area contributed by atoms with E-state index in [4.69, 9.17) is 9.97 Å². The van der Waals surface area contributed by atoms with Crippen molar-refractivity contribution in [1.82, 2.24) is 9.97 Å². The van der Waals surface area contributed by atoms with Crippen LogP contribution in [0.1, 0.15) is 0 Å². The van der Waals surface area contributed by atoms with E-state index in [1.54, 1.807) is 11.3 Å². The van der Waals surface area contributed by atoms with Crippen molar-refractivity contribution in [2.24, 2.45) is 0 Å². The maximum atomic E-state index is 5.39. The molecule has 0 radical (unpaired) electrons. The number of aromatic nitrogens is 2. The van der Waals surface area contributed by atoms with Gasteiger partial charge in [-0.25, -0.2) is 9.97 Å². The van der Waals surface area contributed by atoms with Gasteiger partial charge in [0.2, 0.25) is 0 Å². The molecule has 0 N–H and O–H groups in total. The summed E-state index contributed by atoms with van der Waals surface area (Å²) in [7, 11) is -2.84. The quantitative estimate of drug-likeness (QED) is 0.101. The highest BCUT2D eigenvalue weighted by molar-refractivity contribution is 7.26. The number of fused-ring (bicyclic) bond motifs is 3. The van der Waals surface area contributed by atoms with Crippen molar-refractivity contribution in [2.45, 2.75) is 0 Å². The molecule has 68 heavy (non-hydrogen) atoms. The SMILES string of the molecule is c1ccc(-c2cc(-c3cccc(-c4nc(-c5ccccc5)c5sc6ccccc6c5n4)c3)c(-c3ccccc3)c(-c3cccc([Si](c4ccccc4)(c4ccccc4)c4ccccc4)c3)c2)cc1. The van der Waals surface area contributed by atoms with E-state index in [1.807, 2.05) is 0 Å². The Balaban J connectivity index is 1.11. The van der Waals surface area contributed by atoms with Crippen molar-refractivity contribution in [1.29, 1.82) is 0 Å². The summed E-state index contributed by atoms with van der Waals surface area (Å²) in [5.41, 5.74) is 13.2. The van der Waals surface area contributed by atoms with Crippen LogP contribution in [0.4, 0.5) is 0 Å². The highest BCUT2D eigenvalue weighted by Crippen LogP contribution is 2.45. The van der Waals surface area contributed by atoms with Crippen molar-refractivity contribution >= 4 is 60.5 Å². The fourth-order valence-electron chi connectivity index (χ4n) is 10.1. The molecule has 0 spiro atoms. The van der Waals surface area contributed by atoms with Crippen LogP contribution >= 0.6 is 11.3 Å². The van der Waals surface area contributed by atoms with Crippen LogP contribution in [0.3, 0.4) is 0 Å². The summed E-state index contributed by atoms with van der Waals surface area (Å²) < 4.78 is 2.31. The first-order valence-electron chi connectivity index (χ1n) is 23.1. The fourth-order valence-corrected chi connectivity index (χ4v) is 16.1. The van der Waals surface area contributed by atoms with E-state index in [0.717, 1.165) is 60.2 Å². The number of hydrogen-bond donors (Lipinski definition) is 0. The van der Waals surface area contributed by atoms with Gasteiger partial charge in [0.25, 0.3) is 0 Å². The van der Waals surface area contributed by atoms with Gasteiger partial charge in [0, 0.05) is 21.2 Å². The molecule has 2 nitrogen and oxygen atoms in total. The first-order valence-corrected chi connectivity index (χ1v) is 26.0. The maximum Gasteiger partial charge on any atom is 0.179 e. The Morgan fingerprint density at radius 3 is 1.34 bits per heavy atom. The number of hydrogen-bond acceptors (Lipinski definition) is 3. The lowest BCUT2D eigenvalue weighted by Gasteiger charge is -2.34. The molecule has 0 saturated heterocycles.